The zero-order valence-corrected chi connectivity index (χ0v) is 32.1. The Labute approximate surface area is 349 Å². The van der Waals surface area contributed by atoms with Crippen molar-refractivity contribution in [2.24, 2.45) is 23.7 Å². The van der Waals surface area contributed by atoms with Crippen LogP contribution < -0.4 is 9.47 Å². The van der Waals surface area contributed by atoms with Gasteiger partial charge in [-0.2, -0.15) is 0 Å². The summed E-state index contributed by atoms with van der Waals surface area (Å²) in [6.07, 6.45) is -12.6. The third-order valence-corrected chi connectivity index (χ3v) is 11.9. The van der Waals surface area contributed by atoms with Gasteiger partial charge in [-0.1, -0.05) is 42.5 Å². The van der Waals surface area contributed by atoms with Crippen molar-refractivity contribution in [3.63, 3.8) is 0 Å². The van der Waals surface area contributed by atoms with E-state index < -0.39 is 169 Å². The van der Waals surface area contributed by atoms with Crippen LogP contribution in [0.25, 0.3) is 0 Å². The molecule has 8 rings (SSSR count). The van der Waals surface area contributed by atoms with Crippen LogP contribution in [0, 0.1) is 23.7 Å². The van der Waals surface area contributed by atoms with Gasteiger partial charge in [-0.3, -0.25) is 9.59 Å². The van der Waals surface area contributed by atoms with Crippen molar-refractivity contribution in [1.82, 2.24) is 0 Å². The third-order valence-electron chi connectivity index (χ3n) is 11.9. The first-order valence-electron chi connectivity index (χ1n) is 19.2. The molecule has 22 heteroatoms. The van der Waals surface area contributed by atoms with Crippen LogP contribution in [0.15, 0.2) is 60.7 Å². The van der Waals surface area contributed by atoms with Crippen LogP contribution in [0.2, 0.25) is 0 Å². The number of ketones is 2. The molecule has 16 unspecified atom stereocenters. The van der Waals surface area contributed by atoms with Crippen LogP contribution in [0.4, 0.5) is 0 Å². The number of phenols is 2. The van der Waals surface area contributed by atoms with Crippen molar-refractivity contribution in [2.75, 3.05) is 13.2 Å². The van der Waals surface area contributed by atoms with Gasteiger partial charge >= 0.3 is 11.9 Å². The first-order chi connectivity index (χ1) is 29.4. The maximum atomic E-state index is 14.0. The number of fused-ring (bicyclic) bond motifs is 1. The minimum atomic E-state index is -3.08. The van der Waals surface area contributed by atoms with Gasteiger partial charge in [-0.05, 0) is 24.1 Å². The Bertz CT molecular complexity index is 2120. The number of aromatic hydroxyl groups is 2. The highest BCUT2D eigenvalue weighted by molar-refractivity contribution is 6.16. The number of carbonyl (C=O) groups is 4. The number of hydrogen-bond donors (Lipinski definition) is 12. The number of allylic oxidation sites excluding steroid dienone is 2. The zero-order chi connectivity index (χ0) is 45.0. The number of Topliss-reactive ketones (excluding diaryl/α,β-unsaturated/α-hetero) is 1. The SMILES string of the molecule is O=C(OCc1cccc(O)c1OC1OC(CO)C(O)C(O)C1O)C1(O)C(=O)C2C=CC1C1C=CC(=O)C(O)(C(=O)OCc3cccc(O)c3OC3OC(CO)C(O)C(O)C3O)C21. The summed E-state index contributed by atoms with van der Waals surface area (Å²) >= 11 is 0. The quantitative estimate of drug-likeness (QED) is 0.0543. The molecule has 2 aromatic carbocycles. The molecule has 62 heavy (non-hydrogen) atoms. The van der Waals surface area contributed by atoms with Gasteiger partial charge < -0.3 is 89.7 Å². The van der Waals surface area contributed by atoms with E-state index in [1.165, 1.54) is 42.5 Å². The largest absolute Gasteiger partial charge is 0.504 e. The molecule has 1 saturated carbocycles. The Kier molecular flexibility index (Phi) is 12.5. The Morgan fingerprint density at radius 3 is 1.56 bits per heavy atom. The minimum Gasteiger partial charge on any atom is -0.504 e. The van der Waals surface area contributed by atoms with Crippen LogP contribution in [-0.4, -0.2) is 171 Å². The standard InChI is InChI=1S/C40H44O22/c41-11-22-26(46)28(48)30(50)35(59-22)61-32-15(3-1-5-20(32)43)13-57-37(53)39(55)19-9-7-18(34(39)52)25-17(19)8-10-24(45)40(25,56)38(54)58-14-16-4-2-6-21(44)33(16)62-36-31(51)29(49)27(47)23(12-42)60-36/h1-10,17-19,22-23,25-31,35-36,41-44,46-51,55-56H,11-14H2. The topological polar surface area (TPSA) is 366 Å². The van der Waals surface area contributed by atoms with E-state index in [0.29, 0.717) is 0 Å². The number of carbonyl (C=O) groups excluding carboxylic acids is 4. The molecule has 16 atom stereocenters. The van der Waals surface area contributed by atoms with E-state index >= 15 is 0 Å². The van der Waals surface area contributed by atoms with Crippen LogP contribution >= 0.6 is 0 Å². The van der Waals surface area contributed by atoms with E-state index in [4.69, 9.17) is 28.4 Å². The van der Waals surface area contributed by atoms with Crippen LogP contribution in [0.5, 0.6) is 23.0 Å². The van der Waals surface area contributed by atoms with Crippen LogP contribution in [0.3, 0.4) is 0 Å². The summed E-state index contributed by atoms with van der Waals surface area (Å²) in [5, 5.41) is 125. The molecule has 0 aromatic heterocycles. The molecule has 6 aliphatic rings. The fourth-order valence-corrected chi connectivity index (χ4v) is 8.49. The van der Waals surface area contributed by atoms with Crippen molar-refractivity contribution in [3.8, 4) is 23.0 Å². The number of aliphatic hydroxyl groups excluding tert-OH is 8. The van der Waals surface area contributed by atoms with Crippen molar-refractivity contribution >= 4 is 23.5 Å². The summed E-state index contributed by atoms with van der Waals surface area (Å²) in [5.41, 5.74) is -6.26. The number of phenolic OH excluding ortho intramolecular Hbond substituents is 2. The lowest BCUT2D eigenvalue weighted by Crippen LogP contribution is -2.71. The molecular formula is C40H44O22. The molecule has 336 valence electrons. The van der Waals surface area contributed by atoms with E-state index in [0.717, 1.165) is 18.2 Å². The number of aliphatic hydroxyl groups is 10. The van der Waals surface area contributed by atoms with E-state index in [9.17, 15) is 80.5 Å². The highest BCUT2D eigenvalue weighted by Gasteiger charge is 2.71. The lowest BCUT2D eigenvalue weighted by atomic mass is 9.49. The second kappa shape index (κ2) is 17.2. The van der Waals surface area contributed by atoms with Crippen molar-refractivity contribution in [2.45, 2.75) is 85.8 Å². The Balaban J connectivity index is 1.07. The zero-order valence-electron chi connectivity index (χ0n) is 32.1. The smallest absolute Gasteiger partial charge is 0.347 e. The maximum Gasteiger partial charge on any atom is 0.347 e. The average molecular weight is 877 g/mol. The lowest BCUT2D eigenvalue weighted by Gasteiger charge is -2.54. The fraction of sp³-hybridized carbons (Fsp3) is 0.500. The van der Waals surface area contributed by atoms with Crippen molar-refractivity contribution in [3.05, 3.63) is 71.8 Å². The molecule has 0 radical (unpaired) electrons. The molecule has 0 spiro atoms. The van der Waals surface area contributed by atoms with Gasteiger partial charge in [0.15, 0.2) is 34.6 Å². The normalized spacial score (nSPS) is 38.6. The third kappa shape index (κ3) is 7.40. The summed E-state index contributed by atoms with van der Waals surface area (Å²) < 4.78 is 32.6. The summed E-state index contributed by atoms with van der Waals surface area (Å²) in [5.74, 6) is -13.6. The van der Waals surface area contributed by atoms with E-state index in [-0.39, 0.29) is 11.1 Å². The van der Waals surface area contributed by atoms with Gasteiger partial charge in [0.2, 0.25) is 23.8 Å². The van der Waals surface area contributed by atoms with Gasteiger partial charge in [0.1, 0.15) is 62.0 Å². The predicted molar refractivity (Wildman–Crippen MR) is 197 cm³/mol. The van der Waals surface area contributed by atoms with Gasteiger partial charge in [-0.25, -0.2) is 9.59 Å². The average Bonchev–Trinajstić information content (AvgIpc) is 3.26. The van der Waals surface area contributed by atoms with Gasteiger partial charge in [-0.15, -0.1) is 0 Å². The number of rotatable bonds is 12. The minimum absolute atomic E-state index is 0.102. The summed E-state index contributed by atoms with van der Waals surface area (Å²) in [6, 6.07) is 7.48. The first kappa shape index (κ1) is 45.0. The number of benzene rings is 2. The highest BCUT2D eigenvalue weighted by Crippen LogP contribution is 2.55. The second-order valence-corrected chi connectivity index (χ2v) is 15.5. The molecule has 2 aliphatic heterocycles. The number of hydrogen-bond acceptors (Lipinski definition) is 22. The summed E-state index contributed by atoms with van der Waals surface area (Å²) in [4.78, 5) is 55.0. The van der Waals surface area contributed by atoms with E-state index in [1.807, 2.05) is 0 Å². The molecule has 2 saturated heterocycles. The predicted octanol–water partition coefficient (Wildman–Crippen LogP) is -4.54. The van der Waals surface area contributed by atoms with Gasteiger partial charge in [0.25, 0.3) is 0 Å². The maximum absolute atomic E-state index is 14.0. The monoisotopic (exact) mass is 876 g/mol. The Morgan fingerprint density at radius 1 is 0.629 bits per heavy atom. The van der Waals surface area contributed by atoms with Crippen LogP contribution in [-0.2, 0) is 51.3 Å². The van der Waals surface area contributed by atoms with Crippen LogP contribution in [0.1, 0.15) is 11.1 Å². The molecule has 4 aliphatic carbocycles. The van der Waals surface area contributed by atoms with Gasteiger partial charge in [0, 0.05) is 28.9 Å². The van der Waals surface area contributed by atoms with Gasteiger partial charge in [0.05, 0.1) is 13.2 Å². The summed E-state index contributed by atoms with van der Waals surface area (Å²) in [7, 11) is 0. The molecule has 22 nitrogen and oxygen atoms in total. The first-order valence-corrected chi connectivity index (χ1v) is 19.2. The molecule has 2 aromatic rings. The molecule has 2 bridgehead atoms. The number of para-hydroxylation sites is 2. The Hall–Kier alpha value is -5.08. The summed E-state index contributed by atoms with van der Waals surface area (Å²) in [6.45, 7) is -3.17. The molecular weight excluding hydrogens is 832 g/mol. The molecule has 12 N–H and O–H groups in total. The number of esters is 2. The van der Waals surface area contributed by atoms with E-state index in [2.05, 4.69) is 0 Å². The highest BCUT2D eigenvalue weighted by atomic mass is 16.7. The van der Waals surface area contributed by atoms with E-state index in [1.54, 1.807) is 0 Å². The lowest BCUT2D eigenvalue weighted by molar-refractivity contribution is -0.277. The Morgan fingerprint density at radius 2 is 1.10 bits per heavy atom. The number of ether oxygens (including phenoxy) is 6. The van der Waals surface area contributed by atoms with Crippen molar-refractivity contribution in [1.29, 1.82) is 0 Å². The fourth-order valence-electron chi connectivity index (χ4n) is 8.49. The second-order valence-electron chi connectivity index (χ2n) is 15.5. The van der Waals surface area contributed by atoms with Crippen molar-refractivity contribution < 1.29 is 109 Å². The molecule has 2 heterocycles. The molecule has 3 fully saturated rings. The molecule has 0 amide bonds.